The van der Waals surface area contributed by atoms with Gasteiger partial charge >= 0.3 is 5.97 Å². The Balaban J connectivity index is 1.44. The number of carbonyl (C=O) groups is 1. The fourth-order valence-electron chi connectivity index (χ4n) is 4.91. The fourth-order valence-corrected chi connectivity index (χ4v) is 5.91. The second-order valence-electron chi connectivity index (χ2n) is 8.87. The van der Waals surface area contributed by atoms with E-state index in [1.807, 2.05) is 0 Å². The number of aliphatic carboxylic acids is 1. The van der Waals surface area contributed by atoms with Crippen LogP contribution in [-0.4, -0.2) is 48.2 Å². The first kappa shape index (κ1) is 21.5. The van der Waals surface area contributed by atoms with Crippen LogP contribution in [0.5, 0.6) is 0 Å². The van der Waals surface area contributed by atoms with Crippen LogP contribution < -0.4 is 0 Å². The number of aromatic nitrogens is 1. The van der Waals surface area contributed by atoms with Gasteiger partial charge in [0.05, 0.1) is 16.8 Å². The first-order chi connectivity index (χ1) is 14.5. The Bertz CT molecular complexity index is 873. The molecule has 1 unspecified atom stereocenters. The highest BCUT2D eigenvalue weighted by Crippen LogP contribution is 2.40. The molecule has 2 heterocycles. The van der Waals surface area contributed by atoms with Crippen molar-refractivity contribution >= 4 is 17.3 Å². The van der Waals surface area contributed by atoms with Crippen molar-refractivity contribution in [2.24, 2.45) is 5.92 Å². The van der Waals surface area contributed by atoms with Gasteiger partial charge in [-0.15, -0.1) is 11.3 Å². The van der Waals surface area contributed by atoms with Crippen molar-refractivity contribution in [2.75, 3.05) is 27.2 Å². The second kappa shape index (κ2) is 9.58. The SMILES string of the molecule is COC1CN(C)CCc2cc(-c3csc([C@H]4CC[C@H](CCC(=O)O)CC4)n3)ccc21. The highest BCUT2D eigenvalue weighted by atomic mass is 32.1. The van der Waals surface area contributed by atoms with Crippen LogP contribution in [0.2, 0.25) is 0 Å². The zero-order valence-electron chi connectivity index (χ0n) is 18.0. The molecule has 1 fully saturated rings. The topological polar surface area (TPSA) is 62.7 Å². The predicted octanol–water partition coefficient (Wildman–Crippen LogP) is 5.12. The molecule has 1 saturated carbocycles. The number of likely N-dealkylation sites (N-methyl/N-ethyl adjacent to an activating group) is 1. The van der Waals surface area contributed by atoms with E-state index in [9.17, 15) is 4.79 Å². The summed E-state index contributed by atoms with van der Waals surface area (Å²) in [5.74, 6) is 0.413. The summed E-state index contributed by atoms with van der Waals surface area (Å²) in [7, 11) is 3.95. The molecule has 0 bridgehead atoms. The number of carboxylic acids is 1. The molecule has 6 heteroatoms. The normalized spacial score (nSPS) is 24.9. The third-order valence-electron chi connectivity index (χ3n) is 6.79. The zero-order valence-corrected chi connectivity index (χ0v) is 18.8. The molecule has 1 aliphatic carbocycles. The van der Waals surface area contributed by atoms with Gasteiger partial charge < -0.3 is 14.7 Å². The standard InChI is InChI=1S/C24H32N2O3S/c1-26-12-11-18-13-19(8-9-20(18)22(14-26)29-2)21-15-30-24(25-21)17-6-3-16(4-7-17)5-10-23(27)28/h8-9,13,15-17,22H,3-7,10-12,14H2,1-2H3,(H,27,28)/t16-,17-,22?. The number of carboxylic acid groups (broad SMARTS) is 1. The summed E-state index contributed by atoms with van der Waals surface area (Å²) in [4.78, 5) is 18.2. The number of nitrogens with zero attached hydrogens (tertiary/aromatic N) is 2. The summed E-state index contributed by atoms with van der Waals surface area (Å²) in [5, 5.41) is 12.3. The molecule has 1 aromatic carbocycles. The van der Waals surface area contributed by atoms with Crippen molar-refractivity contribution in [3.05, 3.63) is 39.7 Å². The van der Waals surface area contributed by atoms with Gasteiger partial charge in [-0.2, -0.15) is 0 Å². The summed E-state index contributed by atoms with van der Waals surface area (Å²) in [6.07, 6.45) is 6.79. The number of hydrogen-bond acceptors (Lipinski definition) is 5. The molecule has 2 aliphatic rings. The van der Waals surface area contributed by atoms with Crippen molar-refractivity contribution in [2.45, 2.75) is 57.0 Å². The highest BCUT2D eigenvalue weighted by molar-refractivity contribution is 7.10. The number of hydrogen-bond donors (Lipinski definition) is 1. The largest absolute Gasteiger partial charge is 0.481 e. The predicted molar refractivity (Wildman–Crippen MR) is 120 cm³/mol. The number of methoxy groups -OCH3 is 1. The van der Waals surface area contributed by atoms with E-state index in [4.69, 9.17) is 14.8 Å². The Morgan fingerprint density at radius 2 is 2.10 bits per heavy atom. The maximum absolute atomic E-state index is 10.8. The first-order valence-corrected chi connectivity index (χ1v) is 11.9. The lowest BCUT2D eigenvalue weighted by Crippen LogP contribution is -2.24. The molecule has 162 valence electrons. The van der Waals surface area contributed by atoms with Crippen LogP contribution >= 0.6 is 11.3 Å². The quantitative estimate of drug-likeness (QED) is 0.691. The van der Waals surface area contributed by atoms with Crippen molar-refractivity contribution in [1.29, 1.82) is 0 Å². The summed E-state index contributed by atoms with van der Waals surface area (Å²) in [6.45, 7) is 1.97. The molecule has 1 aromatic heterocycles. The van der Waals surface area contributed by atoms with Crippen molar-refractivity contribution in [3.8, 4) is 11.3 Å². The van der Waals surface area contributed by atoms with Gasteiger partial charge in [-0.3, -0.25) is 4.79 Å². The molecule has 1 aliphatic heterocycles. The maximum Gasteiger partial charge on any atom is 0.303 e. The Morgan fingerprint density at radius 1 is 1.30 bits per heavy atom. The van der Waals surface area contributed by atoms with Crippen molar-refractivity contribution in [1.82, 2.24) is 9.88 Å². The summed E-state index contributed by atoms with van der Waals surface area (Å²) in [6, 6.07) is 6.73. The minimum Gasteiger partial charge on any atom is -0.481 e. The van der Waals surface area contributed by atoms with Crippen LogP contribution in [0.15, 0.2) is 23.6 Å². The van der Waals surface area contributed by atoms with E-state index in [2.05, 4.69) is 35.5 Å². The van der Waals surface area contributed by atoms with Crippen LogP contribution in [0.4, 0.5) is 0 Å². The molecule has 1 atom stereocenters. The highest BCUT2D eigenvalue weighted by Gasteiger charge is 2.26. The lowest BCUT2D eigenvalue weighted by atomic mass is 9.80. The van der Waals surface area contributed by atoms with Crippen LogP contribution in [0, 0.1) is 5.92 Å². The molecule has 0 amide bonds. The third-order valence-corrected chi connectivity index (χ3v) is 7.80. The number of thiazole rings is 1. The van der Waals surface area contributed by atoms with Crippen molar-refractivity contribution < 1.29 is 14.6 Å². The van der Waals surface area contributed by atoms with Crippen LogP contribution in [0.25, 0.3) is 11.3 Å². The van der Waals surface area contributed by atoms with E-state index in [1.54, 1.807) is 18.4 Å². The molecule has 5 nitrogen and oxygen atoms in total. The first-order valence-electron chi connectivity index (χ1n) is 11.0. The summed E-state index contributed by atoms with van der Waals surface area (Å²) < 4.78 is 5.75. The molecule has 1 N–H and O–H groups in total. The van der Waals surface area contributed by atoms with Gasteiger partial charge in [0.2, 0.25) is 0 Å². The molecule has 0 radical (unpaired) electrons. The Labute approximate surface area is 183 Å². The fraction of sp³-hybridized carbons (Fsp3) is 0.583. The van der Waals surface area contributed by atoms with E-state index >= 15 is 0 Å². The van der Waals surface area contributed by atoms with Gasteiger partial charge in [-0.05, 0) is 68.7 Å². The van der Waals surface area contributed by atoms with Gasteiger partial charge in [0.15, 0.2) is 0 Å². The average Bonchev–Trinajstić information content (AvgIpc) is 3.19. The van der Waals surface area contributed by atoms with Gasteiger partial charge in [-0.25, -0.2) is 4.98 Å². The van der Waals surface area contributed by atoms with Crippen molar-refractivity contribution in [3.63, 3.8) is 0 Å². The van der Waals surface area contributed by atoms with E-state index in [-0.39, 0.29) is 6.10 Å². The van der Waals surface area contributed by atoms with Gasteiger partial charge in [0, 0.05) is 43.5 Å². The molecule has 2 aromatic rings. The third kappa shape index (κ3) is 4.93. The Hall–Kier alpha value is -1.76. The van der Waals surface area contributed by atoms with E-state index in [0.717, 1.165) is 57.3 Å². The average molecular weight is 429 g/mol. The summed E-state index contributed by atoms with van der Waals surface area (Å²) >= 11 is 1.78. The second-order valence-corrected chi connectivity index (χ2v) is 9.76. The van der Waals surface area contributed by atoms with Crippen LogP contribution in [0.3, 0.4) is 0 Å². The number of ether oxygens (including phenoxy) is 1. The van der Waals surface area contributed by atoms with E-state index in [1.165, 1.54) is 21.7 Å². The molecule has 30 heavy (non-hydrogen) atoms. The number of rotatable bonds is 6. The van der Waals surface area contributed by atoms with Gasteiger partial charge in [-0.1, -0.05) is 12.1 Å². The molecular formula is C24H32N2O3S. The molecule has 4 rings (SSSR count). The minimum absolute atomic E-state index is 0.129. The van der Waals surface area contributed by atoms with Crippen LogP contribution in [-0.2, 0) is 16.0 Å². The monoisotopic (exact) mass is 428 g/mol. The van der Waals surface area contributed by atoms with E-state index < -0.39 is 5.97 Å². The minimum atomic E-state index is -0.675. The van der Waals surface area contributed by atoms with Crippen LogP contribution in [0.1, 0.15) is 66.7 Å². The smallest absolute Gasteiger partial charge is 0.303 e. The van der Waals surface area contributed by atoms with Gasteiger partial charge in [0.25, 0.3) is 0 Å². The van der Waals surface area contributed by atoms with Gasteiger partial charge in [0.1, 0.15) is 0 Å². The number of fused-ring (bicyclic) bond motifs is 1. The molecule has 0 spiro atoms. The summed E-state index contributed by atoms with van der Waals surface area (Å²) in [5.41, 5.74) is 4.96. The molecular weight excluding hydrogens is 396 g/mol. The zero-order chi connectivity index (χ0) is 21.1. The molecule has 0 saturated heterocycles. The Kier molecular flexibility index (Phi) is 6.86. The maximum atomic E-state index is 10.8. The lowest BCUT2D eigenvalue weighted by Gasteiger charge is -2.26. The number of benzene rings is 1. The lowest BCUT2D eigenvalue weighted by molar-refractivity contribution is -0.137. The van der Waals surface area contributed by atoms with E-state index in [0.29, 0.717) is 18.3 Å². The Morgan fingerprint density at radius 3 is 2.83 bits per heavy atom.